The van der Waals surface area contributed by atoms with E-state index in [9.17, 15) is 14.0 Å². The van der Waals surface area contributed by atoms with Gasteiger partial charge in [0.05, 0.1) is 5.56 Å². The number of rotatable bonds is 5. The predicted octanol–water partition coefficient (Wildman–Crippen LogP) is 2.34. The van der Waals surface area contributed by atoms with Gasteiger partial charge in [-0.2, -0.15) is 0 Å². The summed E-state index contributed by atoms with van der Waals surface area (Å²) < 4.78 is 13.4. The Balaban J connectivity index is 1.78. The molecule has 23 heavy (non-hydrogen) atoms. The van der Waals surface area contributed by atoms with E-state index in [2.05, 4.69) is 15.6 Å². The third-order valence-electron chi connectivity index (χ3n) is 3.12. The molecule has 0 unspecified atom stereocenters. The predicted molar refractivity (Wildman–Crippen MR) is 85.1 cm³/mol. The highest BCUT2D eigenvalue weighted by Crippen LogP contribution is 2.09. The van der Waals surface area contributed by atoms with Gasteiger partial charge in [-0.1, -0.05) is 17.7 Å². The Morgan fingerprint density at radius 1 is 1.09 bits per heavy atom. The maximum absolute atomic E-state index is 13.4. The molecule has 120 valence electrons. The molecule has 0 saturated heterocycles. The third kappa shape index (κ3) is 4.75. The molecule has 1 aromatic heterocycles. The van der Waals surface area contributed by atoms with Gasteiger partial charge in [-0.15, -0.1) is 0 Å². The van der Waals surface area contributed by atoms with Gasteiger partial charge in [0, 0.05) is 24.8 Å². The van der Waals surface area contributed by atoms with Gasteiger partial charge in [-0.05, 0) is 36.8 Å². The van der Waals surface area contributed by atoms with Crippen molar-refractivity contribution < 1.29 is 14.0 Å². The number of hydrogen-bond acceptors (Lipinski definition) is 3. The van der Waals surface area contributed by atoms with E-state index in [1.54, 1.807) is 25.1 Å². The smallest absolute Gasteiger partial charge is 0.252 e. The lowest BCUT2D eigenvalue weighted by molar-refractivity contribution is 0.0927. The monoisotopic (exact) mass is 335 g/mol. The van der Waals surface area contributed by atoms with Crippen molar-refractivity contribution in [1.29, 1.82) is 0 Å². The summed E-state index contributed by atoms with van der Waals surface area (Å²) in [4.78, 5) is 27.5. The molecule has 0 bridgehead atoms. The zero-order valence-electron chi connectivity index (χ0n) is 12.4. The Morgan fingerprint density at radius 3 is 2.26 bits per heavy atom. The zero-order chi connectivity index (χ0) is 16.8. The molecule has 2 rings (SSSR count). The van der Waals surface area contributed by atoms with E-state index in [4.69, 9.17) is 11.6 Å². The van der Waals surface area contributed by atoms with Crippen LogP contribution in [0.15, 0.2) is 36.5 Å². The molecule has 0 aliphatic rings. The van der Waals surface area contributed by atoms with Crippen molar-refractivity contribution in [2.24, 2.45) is 0 Å². The summed E-state index contributed by atoms with van der Waals surface area (Å²) in [5.41, 5.74) is 1.09. The van der Waals surface area contributed by atoms with Crippen LogP contribution in [0.25, 0.3) is 0 Å². The molecule has 0 atom stereocenters. The second-order valence-electron chi connectivity index (χ2n) is 4.85. The van der Waals surface area contributed by atoms with Crippen LogP contribution in [0.2, 0.25) is 5.15 Å². The quantitative estimate of drug-likeness (QED) is 0.651. The van der Waals surface area contributed by atoms with E-state index >= 15 is 0 Å². The topological polar surface area (TPSA) is 71.1 Å². The SMILES string of the molecule is Cc1ccc(C(=O)NCCNC(=O)c2ccc(Cl)nc2)cc1F. The molecule has 5 nitrogen and oxygen atoms in total. The number of aryl methyl sites for hydroxylation is 1. The van der Waals surface area contributed by atoms with E-state index in [1.165, 1.54) is 18.3 Å². The highest BCUT2D eigenvalue weighted by molar-refractivity contribution is 6.29. The lowest BCUT2D eigenvalue weighted by Crippen LogP contribution is -2.34. The van der Waals surface area contributed by atoms with Crippen LogP contribution in [0, 0.1) is 12.7 Å². The van der Waals surface area contributed by atoms with Crippen molar-refractivity contribution in [1.82, 2.24) is 15.6 Å². The number of carbonyl (C=O) groups excluding carboxylic acids is 2. The number of aromatic nitrogens is 1. The molecule has 2 amide bonds. The average molecular weight is 336 g/mol. The lowest BCUT2D eigenvalue weighted by atomic mass is 10.1. The van der Waals surface area contributed by atoms with Crippen LogP contribution in [0.4, 0.5) is 4.39 Å². The first-order valence-corrected chi connectivity index (χ1v) is 7.29. The average Bonchev–Trinajstić information content (AvgIpc) is 2.54. The molecule has 0 spiro atoms. The number of benzene rings is 1. The molecule has 0 saturated carbocycles. The van der Waals surface area contributed by atoms with E-state index in [-0.39, 0.29) is 24.6 Å². The molecule has 0 fully saturated rings. The molecular formula is C16H15ClFN3O2. The van der Waals surface area contributed by atoms with Crippen molar-refractivity contribution >= 4 is 23.4 Å². The number of carbonyl (C=O) groups is 2. The minimum Gasteiger partial charge on any atom is -0.350 e. The largest absolute Gasteiger partial charge is 0.350 e. The summed E-state index contributed by atoms with van der Waals surface area (Å²) in [5, 5.41) is 5.54. The molecule has 2 N–H and O–H groups in total. The Morgan fingerprint density at radius 2 is 1.70 bits per heavy atom. The molecule has 7 heteroatoms. The van der Waals surface area contributed by atoms with Crippen molar-refractivity contribution in [3.8, 4) is 0 Å². The molecule has 0 aliphatic carbocycles. The van der Waals surface area contributed by atoms with E-state index in [1.807, 2.05) is 0 Å². The van der Waals surface area contributed by atoms with Gasteiger partial charge in [0.25, 0.3) is 11.8 Å². The van der Waals surface area contributed by atoms with Gasteiger partial charge in [0.2, 0.25) is 0 Å². The summed E-state index contributed by atoms with van der Waals surface area (Å²) in [6.07, 6.45) is 1.37. The van der Waals surface area contributed by atoms with Gasteiger partial charge in [-0.3, -0.25) is 9.59 Å². The minimum atomic E-state index is -0.429. The van der Waals surface area contributed by atoms with Gasteiger partial charge >= 0.3 is 0 Å². The minimum absolute atomic E-state index is 0.223. The number of hydrogen-bond donors (Lipinski definition) is 2. The first kappa shape index (κ1) is 16.9. The second-order valence-corrected chi connectivity index (χ2v) is 5.23. The van der Waals surface area contributed by atoms with E-state index < -0.39 is 11.7 Å². The summed E-state index contributed by atoms with van der Waals surface area (Å²) >= 11 is 5.64. The van der Waals surface area contributed by atoms with Crippen LogP contribution in [0.1, 0.15) is 26.3 Å². The van der Waals surface area contributed by atoms with Crippen LogP contribution in [-0.4, -0.2) is 29.9 Å². The standard InChI is InChI=1S/C16H15ClFN3O2/c1-10-2-3-11(8-13(10)18)15(22)19-6-7-20-16(23)12-4-5-14(17)21-9-12/h2-5,8-9H,6-7H2,1H3,(H,19,22)(H,20,23). The lowest BCUT2D eigenvalue weighted by Gasteiger charge is -2.08. The number of pyridine rings is 1. The van der Waals surface area contributed by atoms with Crippen molar-refractivity contribution in [2.75, 3.05) is 13.1 Å². The Bertz CT molecular complexity index is 720. The highest BCUT2D eigenvalue weighted by Gasteiger charge is 2.08. The molecule has 0 radical (unpaired) electrons. The molecule has 1 aromatic carbocycles. The summed E-state index contributed by atoms with van der Waals surface area (Å²) in [6, 6.07) is 7.34. The fourth-order valence-corrected chi connectivity index (χ4v) is 1.91. The molecule has 2 aromatic rings. The van der Waals surface area contributed by atoms with Crippen LogP contribution >= 0.6 is 11.6 Å². The van der Waals surface area contributed by atoms with Gasteiger partial charge in [-0.25, -0.2) is 9.37 Å². The number of nitrogens with zero attached hydrogens (tertiary/aromatic N) is 1. The molecular weight excluding hydrogens is 321 g/mol. The van der Waals surface area contributed by atoms with Gasteiger partial charge in [0.15, 0.2) is 0 Å². The number of amides is 2. The Kier molecular flexibility index (Phi) is 5.65. The Labute approximate surface area is 137 Å². The first-order chi connectivity index (χ1) is 11.0. The fraction of sp³-hybridized carbons (Fsp3) is 0.188. The Hall–Kier alpha value is -2.47. The summed E-state index contributed by atoms with van der Waals surface area (Å²) in [6.45, 7) is 2.08. The maximum Gasteiger partial charge on any atom is 0.252 e. The normalized spacial score (nSPS) is 10.2. The van der Waals surface area contributed by atoms with Crippen molar-refractivity contribution in [3.63, 3.8) is 0 Å². The fourth-order valence-electron chi connectivity index (χ4n) is 1.80. The van der Waals surface area contributed by atoms with Crippen LogP contribution in [0.3, 0.4) is 0 Å². The number of halogens is 2. The maximum atomic E-state index is 13.4. The zero-order valence-corrected chi connectivity index (χ0v) is 13.2. The molecule has 1 heterocycles. The highest BCUT2D eigenvalue weighted by atomic mass is 35.5. The van der Waals surface area contributed by atoms with Gasteiger partial charge < -0.3 is 10.6 Å². The second kappa shape index (κ2) is 7.69. The van der Waals surface area contributed by atoms with Crippen molar-refractivity contribution in [3.05, 3.63) is 64.2 Å². The van der Waals surface area contributed by atoms with E-state index in [0.717, 1.165) is 0 Å². The van der Waals surface area contributed by atoms with Crippen LogP contribution in [-0.2, 0) is 0 Å². The van der Waals surface area contributed by atoms with E-state index in [0.29, 0.717) is 16.3 Å². The summed E-state index contributed by atoms with van der Waals surface area (Å²) in [7, 11) is 0. The van der Waals surface area contributed by atoms with Gasteiger partial charge in [0.1, 0.15) is 11.0 Å². The molecule has 0 aliphatic heterocycles. The number of nitrogens with one attached hydrogen (secondary N) is 2. The van der Waals surface area contributed by atoms with Crippen LogP contribution in [0.5, 0.6) is 0 Å². The third-order valence-corrected chi connectivity index (χ3v) is 3.34. The van der Waals surface area contributed by atoms with Crippen molar-refractivity contribution in [2.45, 2.75) is 6.92 Å². The van der Waals surface area contributed by atoms with Crippen LogP contribution < -0.4 is 10.6 Å². The first-order valence-electron chi connectivity index (χ1n) is 6.91. The summed E-state index contributed by atoms with van der Waals surface area (Å²) in [5.74, 6) is -1.14.